The van der Waals surface area contributed by atoms with E-state index >= 15 is 0 Å². The van der Waals surface area contributed by atoms with Crippen LogP contribution in [0.25, 0.3) is 0 Å². The minimum atomic E-state index is -0.876. The first-order valence-electron chi connectivity index (χ1n) is 5.43. The molecule has 0 unspecified atom stereocenters. The number of nitrogens with one attached hydrogen (secondary N) is 1. The lowest BCUT2D eigenvalue weighted by molar-refractivity contribution is -0.153. The smallest absolute Gasteiger partial charge is 0.407 e. The van der Waals surface area contributed by atoms with Gasteiger partial charge in [-0.25, -0.2) is 9.59 Å². The molecule has 0 radical (unpaired) electrons. The van der Waals surface area contributed by atoms with Crippen LogP contribution in [0, 0.1) is 0 Å². The molecule has 0 aromatic rings. The minimum Gasteiger partial charge on any atom is -0.460 e. The van der Waals surface area contributed by atoms with Gasteiger partial charge in [0.2, 0.25) is 5.78 Å². The molecule has 98 valence electrons. The molecule has 1 amide bonds. The SMILES string of the molecule is CCOC(=O)C(=O)CCNC(=O)OC(C)(C)C. The van der Waals surface area contributed by atoms with Crippen LogP contribution in [0.4, 0.5) is 4.79 Å². The molecule has 0 aliphatic carbocycles. The number of carbonyl (C=O) groups is 3. The second-order valence-electron chi connectivity index (χ2n) is 4.32. The zero-order valence-electron chi connectivity index (χ0n) is 10.7. The van der Waals surface area contributed by atoms with Gasteiger partial charge in [-0.05, 0) is 27.7 Å². The summed E-state index contributed by atoms with van der Waals surface area (Å²) in [5.41, 5.74) is -0.588. The highest BCUT2D eigenvalue weighted by molar-refractivity contribution is 6.33. The normalized spacial score (nSPS) is 10.6. The fourth-order valence-corrected chi connectivity index (χ4v) is 0.906. The lowest BCUT2D eigenvalue weighted by atomic mass is 10.2. The lowest BCUT2D eigenvalue weighted by Crippen LogP contribution is -2.34. The Morgan fingerprint density at radius 2 is 1.76 bits per heavy atom. The van der Waals surface area contributed by atoms with Crippen LogP contribution in [-0.4, -0.2) is 36.6 Å². The van der Waals surface area contributed by atoms with Gasteiger partial charge in [-0.15, -0.1) is 0 Å². The first kappa shape index (κ1) is 15.4. The Balaban J connectivity index is 3.81. The third-order valence-electron chi connectivity index (χ3n) is 1.52. The number of alkyl carbamates (subject to hydrolysis) is 1. The highest BCUT2D eigenvalue weighted by Crippen LogP contribution is 2.06. The molecule has 0 heterocycles. The van der Waals surface area contributed by atoms with Gasteiger partial charge in [0.1, 0.15) is 5.60 Å². The van der Waals surface area contributed by atoms with E-state index in [1.165, 1.54) is 0 Å². The fourth-order valence-electron chi connectivity index (χ4n) is 0.906. The summed E-state index contributed by atoms with van der Waals surface area (Å²) < 4.78 is 9.46. The Morgan fingerprint density at radius 1 is 1.18 bits per heavy atom. The van der Waals surface area contributed by atoms with E-state index in [9.17, 15) is 14.4 Å². The van der Waals surface area contributed by atoms with Gasteiger partial charge in [-0.3, -0.25) is 4.79 Å². The van der Waals surface area contributed by atoms with Crippen LogP contribution in [0.2, 0.25) is 0 Å². The van der Waals surface area contributed by atoms with E-state index in [4.69, 9.17) is 4.74 Å². The summed E-state index contributed by atoms with van der Waals surface area (Å²) in [7, 11) is 0. The van der Waals surface area contributed by atoms with Gasteiger partial charge in [-0.1, -0.05) is 0 Å². The number of hydrogen-bond acceptors (Lipinski definition) is 5. The van der Waals surface area contributed by atoms with Crippen molar-refractivity contribution in [2.75, 3.05) is 13.2 Å². The molecule has 0 rings (SSSR count). The molecule has 0 aromatic carbocycles. The Kier molecular flexibility index (Phi) is 6.23. The Labute approximate surface area is 101 Å². The standard InChI is InChI=1S/C11H19NO5/c1-5-16-9(14)8(13)6-7-12-10(15)17-11(2,3)4/h5-7H2,1-4H3,(H,12,15). The molecule has 0 bridgehead atoms. The van der Waals surface area contributed by atoms with Gasteiger partial charge < -0.3 is 14.8 Å². The highest BCUT2D eigenvalue weighted by Gasteiger charge is 2.17. The van der Waals surface area contributed by atoms with Crippen molar-refractivity contribution in [2.24, 2.45) is 0 Å². The second-order valence-corrected chi connectivity index (χ2v) is 4.32. The summed E-state index contributed by atoms with van der Waals surface area (Å²) in [4.78, 5) is 33.2. The molecule has 0 fully saturated rings. The van der Waals surface area contributed by atoms with E-state index in [0.29, 0.717) is 0 Å². The molecular weight excluding hydrogens is 226 g/mol. The van der Waals surface area contributed by atoms with Crippen LogP contribution in [0.5, 0.6) is 0 Å². The van der Waals surface area contributed by atoms with Crippen molar-refractivity contribution in [3.63, 3.8) is 0 Å². The van der Waals surface area contributed by atoms with Gasteiger partial charge in [0.15, 0.2) is 0 Å². The van der Waals surface area contributed by atoms with E-state index in [1.54, 1.807) is 27.7 Å². The van der Waals surface area contributed by atoms with Crippen molar-refractivity contribution < 1.29 is 23.9 Å². The molecular formula is C11H19NO5. The summed E-state index contributed by atoms with van der Waals surface area (Å²) in [6.45, 7) is 7.02. The molecule has 0 saturated heterocycles. The third-order valence-corrected chi connectivity index (χ3v) is 1.52. The predicted octanol–water partition coefficient (Wildman–Crippen LogP) is 1.03. The average Bonchev–Trinajstić information content (AvgIpc) is 2.14. The van der Waals surface area contributed by atoms with Gasteiger partial charge >= 0.3 is 12.1 Å². The summed E-state index contributed by atoms with van der Waals surface area (Å²) >= 11 is 0. The molecule has 0 saturated carbocycles. The predicted molar refractivity (Wildman–Crippen MR) is 60.5 cm³/mol. The zero-order chi connectivity index (χ0) is 13.5. The number of esters is 1. The summed E-state index contributed by atoms with van der Waals surface area (Å²) in [5, 5.41) is 2.38. The van der Waals surface area contributed by atoms with Crippen molar-refractivity contribution in [2.45, 2.75) is 39.7 Å². The van der Waals surface area contributed by atoms with Crippen LogP contribution < -0.4 is 5.32 Å². The molecule has 6 nitrogen and oxygen atoms in total. The third kappa shape index (κ3) is 8.24. The van der Waals surface area contributed by atoms with Gasteiger partial charge in [0.05, 0.1) is 6.61 Å². The largest absolute Gasteiger partial charge is 0.460 e. The van der Waals surface area contributed by atoms with Crippen LogP contribution >= 0.6 is 0 Å². The van der Waals surface area contributed by atoms with E-state index < -0.39 is 23.4 Å². The molecule has 1 N–H and O–H groups in total. The zero-order valence-corrected chi connectivity index (χ0v) is 10.7. The molecule has 0 aliphatic heterocycles. The number of carbonyl (C=O) groups excluding carboxylic acids is 3. The highest BCUT2D eigenvalue weighted by atomic mass is 16.6. The number of ether oxygens (including phenoxy) is 2. The van der Waals surface area contributed by atoms with E-state index in [1.807, 2.05) is 0 Å². The topological polar surface area (TPSA) is 81.7 Å². The van der Waals surface area contributed by atoms with Crippen LogP contribution in [0.3, 0.4) is 0 Å². The second kappa shape index (κ2) is 6.88. The maximum absolute atomic E-state index is 11.2. The molecule has 0 atom stereocenters. The monoisotopic (exact) mass is 245 g/mol. The first-order chi connectivity index (χ1) is 7.76. The molecule has 6 heteroatoms. The average molecular weight is 245 g/mol. The number of rotatable bonds is 5. The molecule has 0 aliphatic rings. The van der Waals surface area contributed by atoms with Crippen molar-refractivity contribution in [3.8, 4) is 0 Å². The van der Waals surface area contributed by atoms with Crippen molar-refractivity contribution in [1.29, 1.82) is 0 Å². The molecule has 0 spiro atoms. The van der Waals surface area contributed by atoms with E-state index in [-0.39, 0.29) is 19.6 Å². The van der Waals surface area contributed by atoms with Gasteiger partial charge in [0.25, 0.3) is 0 Å². The number of ketones is 1. The Hall–Kier alpha value is -1.59. The Bertz CT molecular complexity index is 293. The minimum absolute atomic E-state index is 0.0482. The summed E-state index contributed by atoms with van der Waals surface area (Å²) in [6.07, 6.45) is -0.716. The maximum atomic E-state index is 11.2. The number of Topliss-reactive ketones (excluding diaryl/α,β-unsaturated/α-hetero) is 1. The maximum Gasteiger partial charge on any atom is 0.407 e. The van der Waals surface area contributed by atoms with Crippen molar-refractivity contribution in [3.05, 3.63) is 0 Å². The van der Waals surface area contributed by atoms with Crippen LogP contribution in [0.15, 0.2) is 0 Å². The molecule has 0 aromatic heterocycles. The first-order valence-corrected chi connectivity index (χ1v) is 5.43. The Morgan fingerprint density at radius 3 is 2.24 bits per heavy atom. The summed E-state index contributed by atoms with van der Waals surface area (Å²) in [5.74, 6) is -1.54. The van der Waals surface area contributed by atoms with Crippen LogP contribution in [-0.2, 0) is 19.1 Å². The lowest BCUT2D eigenvalue weighted by Gasteiger charge is -2.19. The summed E-state index contributed by atoms with van der Waals surface area (Å²) in [6, 6.07) is 0. The quantitative estimate of drug-likeness (QED) is 0.578. The van der Waals surface area contributed by atoms with Crippen molar-refractivity contribution >= 4 is 17.8 Å². The molecule has 17 heavy (non-hydrogen) atoms. The van der Waals surface area contributed by atoms with Gasteiger partial charge in [-0.2, -0.15) is 0 Å². The van der Waals surface area contributed by atoms with Gasteiger partial charge in [0, 0.05) is 13.0 Å². The number of hydrogen-bond donors (Lipinski definition) is 1. The van der Waals surface area contributed by atoms with E-state index in [0.717, 1.165) is 0 Å². The van der Waals surface area contributed by atoms with Crippen molar-refractivity contribution in [1.82, 2.24) is 5.32 Å². The number of amides is 1. The van der Waals surface area contributed by atoms with Crippen LogP contribution in [0.1, 0.15) is 34.1 Å². The van der Waals surface area contributed by atoms with E-state index in [2.05, 4.69) is 10.1 Å². The fraction of sp³-hybridized carbons (Fsp3) is 0.727.